The fourth-order valence-electron chi connectivity index (χ4n) is 3.10. The van der Waals surface area contributed by atoms with Gasteiger partial charge in [0.1, 0.15) is 18.8 Å². The first kappa shape index (κ1) is 18.4. The van der Waals surface area contributed by atoms with Gasteiger partial charge in [0.05, 0.1) is 5.56 Å². The number of amides is 2. The normalized spacial score (nSPS) is 19.7. The van der Waals surface area contributed by atoms with Gasteiger partial charge in [-0.25, -0.2) is 4.79 Å². The molecule has 0 saturated carbocycles. The van der Waals surface area contributed by atoms with E-state index in [1.54, 1.807) is 23.1 Å². The third-order valence-corrected chi connectivity index (χ3v) is 4.22. The van der Waals surface area contributed by atoms with Gasteiger partial charge in [-0.3, -0.25) is 4.79 Å². The van der Waals surface area contributed by atoms with Gasteiger partial charge >= 0.3 is 6.09 Å². The minimum Gasteiger partial charge on any atom is -0.486 e. The third-order valence-electron chi connectivity index (χ3n) is 4.22. The lowest BCUT2D eigenvalue weighted by atomic mass is 10.0. The molecule has 7 heteroatoms. The van der Waals surface area contributed by atoms with Crippen molar-refractivity contribution in [3.63, 3.8) is 0 Å². The van der Waals surface area contributed by atoms with E-state index in [0.29, 0.717) is 43.4 Å². The highest BCUT2D eigenvalue weighted by molar-refractivity contribution is 5.98. The topological polar surface area (TPSA) is 77.1 Å². The second-order valence-electron chi connectivity index (χ2n) is 7.57. The zero-order valence-electron chi connectivity index (χ0n) is 15.5. The molecule has 0 bridgehead atoms. The van der Waals surface area contributed by atoms with Crippen molar-refractivity contribution in [2.75, 3.05) is 26.3 Å². The molecular formula is C19H26N2O5. The number of carbonyl (C=O) groups excluding carboxylic acids is 2. The Morgan fingerprint density at radius 2 is 2.00 bits per heavy atom. The summed E-state index contributed by atoms with van der Waals surface area (Å²) in [5, 5.41) is 3.01. The molecule has 2 aliphatic heterocycles. The Hall–Kier alpha value is -2.44. The molecule has 3 rings (SSSR count). The molecule has 0 unspecified atom stereocenters. The van der Waals surface area contributed by atoms with Crippen LogP contribution in [0.5, 0.6) is 11.5 Å². The lowest BCUT2D eigenvalue weighted by molar-refractivity contribution is 0.0185. The molecule has 0 radical (unpaired) electrons. The standard InChI is InChI=1S/C19H26N2O5/c1-19(2,3)26-18(23)21-9-5-6-13(12-21)20-17(22)14-7-4-8-15-16(14)25-11-10-24-15/h4,7-8,13H,5-6,9-12H2,1-3H3,(H,20,22)/t13-/m1/s1. The first-order valence-corrected chi connectivity index (χ1v) is 9.01. The van der Waals surface area contributed by atoms with Gasteiger partial charge < -0.3 is 24.4 Å². The summed E-state index contributed by atoms with van der Waals surface area (Å²) in [6, 6.07) is 5.16. The Balaban J connectivity index is 1.64. The lowest BCUT2D eigenvalue weighted by Gasteiger charge is -2.34. The molecule has 2 heterocycles. The Morgan fingerprint density at radius 3 is 2.77 bits per heavy atom. The van der Waals surface area contributed by atoms with E-state index in [-0.39, 0.29) is 18.0 Å². The van der Waals surface area contributed by atoms with Crippen LogP contribution in [-0.2, 0) is 4.74 Å². The Kier molecular flexibility index (Phi) is 5.25. The summed E-state index contributed by atoms with van der Waals surface area (Å²) >= 11 is 0. The average molecular weight is 362 g/mol. The fraction of sp³-hybridized carbons (Fsp3) is 0.579. The molecular weight excluding hydrogens is 336 g/mol. The Morgan fingerprint density at radius 1 is 1.23 bits per heavy atom. The predicted molar refractivity (Wildman–Crippen MR) is 95.7 cm³/mol. The molecule has 2 aliphatic rings. The smallest absolute Gasteiger partial charge is 0.410 e. The van der Waals surface area contributed by atoms with Gasteiger partial charge in [-0.2, -0.15) is 0 Å². The summed E-state index contributed by atoms with van der Waals surface area (Å²) in [5.41, 5.74) is -0.0788. The van der Waals surface area contributed by atoms with Crippen molar-refractivity contribution >= 4 is 12.0 Å². The summed E-state index contributed by atoms with van der Waals surface area (Å²) in [6.45, 7) is 7.50. The van der Waals surface area contributed by atoms with Crippen LogP contribution in [-0.4, -0.2) is 54.8 Å². The van der Waals surface area contributed by atoms with E-state index in [4.69, 9.17) is 14.2 Å². The van der Waals surface area contributed by atoms with Gasteiger partial charge in [0.15, 0.2) is 11.5 Å². The van der Waals surface area contributed by atoms with Crippen molar-refractivity contribution in [3.8, 4) is 11.5 Å². The molecule has 0 aliphatic carbocycles. The lowest BCUT2D eigenvalue weighted by Crippen LogP contribution is -2.50. The second-order valence-corrected chi connectivity index (χ2v) is 7.57. The molecule has 7 nitrogen and oxygen atoms in total. The SMILES string of the molecule is CC(C)(C)OC(=O)N1CCC[C@@H](NC(=O)c2cccc3c2OCCO3)C1. The number of hydrogen-bond donors (Lipinski definition) is 1. The maximum Gasteiger partial charge on any atom is 0.410 e. The second kappa shape index (κ2) is 7.43. The van der Waals surface area contributed by atoms with E-state index in [1.165, 1.54) is 0 Å². The first-order chi connectivity index (χ1) is 12.3. The Bertz CT molecular complexity index is 683. The summed E-state index contributed by atoms with van der Waals surface area (Å²) < 4.78 is 16.6. The molecule has 1 aromatic rings. The molecule has 1 aromatic carbocycles. The maximum atomic E-state index is 12.7. The van der Waals surface area contributed by atoms with Crippen molar-refractivity contribution < 1.29 is 23.8 Å². The average Bonchev–Trinajstić information content (AvgIpc) is 2.60. The van der Waals surface area contributed by atoms with Crippen LogP contribution in [0.2, 0.25) is 0 Å². The van der Waals surface area contributed by atoms with Crippen molar-refractivity contribution in [2.24, 2.45) is 0 Å². The van der Waals surface area contributed by atoms with Gasteiger partial charge in [0.2, 0.25) is 0 Å². The number of benzene rings is 1. The number of rotatable bonds is 2. The van der Waals surface area contributed by atoms with E-state index >= 15 is 0 Å². The summed E-state index contributed by atoms with van der Waals surface area (Å²) in [7, 11) is 0. The number of piperidine rings is 1. The van der Waals surface area contributed by atoms with E-state index in [0.717, 1.165) is 12.8 Å². The van der Waals surface area contributed by atoms with Crippen LogP contribution in [0.4, 0.5) is 4.79 Å². The van der Waals surface area contributed by atoms with Gasteiger partial charge in [-0.05, 0) is 45.7 Å². The highest BCUT2D eigenvalue weighted by Gasteiger charge is 2.29. The van der Waals surface area contributed by atoms with Crippen LogP contribution in [0.25, 0.3) is 0 Å². The van der Waals surface area contributed by atoms with Gasteiger partial charge in [0.25, 0.3) is 5.91 Å². The van der Waals surface area contributed by atoms with E-state index in [2.05, 4.69) is 5.32 Å². The minimum atomic E-state index is -0.534. The maximum absolute atomic E-state index is 12.7. The van der Waals surface area contributed by atoms with E-state index in [1.807, 2.05) is 20.8 Å². The largest absolute Gasteiger partial charge is 0.486 e. The van der Waals surface area contributed by atoms with E-state index in [9.17, 15) is 9.59 Å². The van der Waals surface area contributed by atoms with E-state index < -0.39 is 5.60 Å². The molecule has 1 N–H and O–H groups in total. The summed E-state index contributed by atoms with van der Waals surface area (Å²) in [5.74, 6) is 0.849. The number of ether oxygens (including phenoxy) is 3. The molecule has 1 fully saturated rings. The van der Waals surface area contributed by atoms with Gasteiger partial charge in [-0.15, -0.1) is 0 Å². The molecule has 26 heavy (non-hydrogen) atoms. The van der Waals surface area contributed by atoms with Crippen LogP contribution in [0.3, 0.4) is 0 Å². The number of nitrogens with one attached hydrogen (secondary N) is 1. The van der Waals surface area contributed by atoms with Crippen LogP contribution < -0.4 is 14.8 Å². The monoisotopic (exact) mass is 362 g/mol. The number of fused-ring (bicyclic) bond motifs is 1. The number of likely N-dealkylation sites (tertiary alicyclic amines) is 1. The summed E-state index contributed by atoms with van der Waals surface area (Å²) in [6.07, 6.45) is 1.29. The third kappa shape index (κ3) is 4.39. The fourth-order valence-corrected chi connectivity index (χ4v) is 3.10. The van der Waals surface area contributed by atoms with Crippen molar-refractivity contribution in [1.82, 2.24) is 10.2 Å². The zero-order chi connectivity index (χ0) is 18.7. The number of carbonyl (C=O) groups is 2. The van der Waals surface area contributed by atoms with Crippen molar-refractivity contribution in [3.05, 3.63) is 23.8 Å². The Labute approximate surface area is 153 Å². The molecule has 0 spiro atoms. The molecule has 2 amide bonds. The molecule has 1 atom stereocenters. The van der Waals surface area contributed by atoms with Crippen LogP contribution in [0, 0.1) is 0 Å². The zero-order valence-corrected chi connectivity index (χ0v) is 15.5. The van der Waals surface area contributed by atoms with Gasteiger partial charge in [-0.1, -0.05) is 6.07 Å². The minimum absolute atomic E-state index is 0.121. The van der Waals surface area contributed by atoms with Crippen LogP contribution in [0.15, 0.2) is 18.2 Å². The quantitative estimate of drug-likeness (QED) is 0.875. The van der Waals surface area contributed by atoms with Gasteiger partial charge in [0, 0.05) is 19.1 Å². The molecule has 142 valence electrons. The molecule has 0 aromatic heterocycles. The highest BCUT2D eigenvalue weighted by atomic mass is 16.6. The number of hydrogen-bond acceptors (Lipinski definition) is 5. The highest BCUT2D eigenvalue weighted by Crippen LogP contribution is 2.33. The van der Waals surface area contributed by atoms with Crippen LogP contribution >= 0.6 is 0 Å². The summed E-state index contributed by atoms with van der Waals surface area (Å²) in [4.78, 5) is 26.6. The predicted octanol–water partition coefficient (Wildman–Crippen LogP) is 2.59. The van der Waals surface area contributed by atoms with Crippen molar-refractivity contribution in [1.29, 1.82) is 0 Å². The number of para-hydroxylation sites is 1. The van der Waals surface area contributed by atoms with Crippen LogP contribution in [0.1, 0.15) is 44.0 Å². The van der Waals surface area contributed by atoms with Crippen molar-refractivity contribution in [2.45, 2.75) is 45.3 Å². The number of nitrogens with zero attached hydrogens (tertiary/aromatic N) is 1. The first-order valence-electron chi connectivity index (χ1n) is 9.01. The molecule has 1 saturated heterocycles.